The second-order valence-electron chi connectivity index (χ2n) is 6.62. The molecule has 144 valence electrons. The maximum Gasteiger partial charge on any atom is 0.257 e. The van der Waals surface area contributed by atoms with E-state index in [4.69, 9.17) is 9.47 Å². The van der Waals surface area contributed by atoms with Gasteiger partial charge < -0.3 is 19.7 Å². The van der Waals surface area contributed by atoms with Crippen LogP contribution >= 0.6 is 0 Å². The van der Waals surface area contributed by atoms with E-state index in [1.54, 1.807) is 0 Å². The summed E-state index contributed by atoms with van der Waals surface area (Å²) in [6.07, 6.45) is 3.93. The first-order valence-electron chi connectivity index (χ1n) is 9.53. The first-order chi connectivity index (χ1) is 13.2. The van der Waals surface area contributed by atoms with Crippen LogP contribution in [0.25, 0.3) is 0 Å². The summed E-state index contributed by atoms with van der Waals surface area (Å²) >= 11 is 0. The lowest BCUT2D eigenvalue weighted by Crippen LogP contribution is -2.40. The van der Waals surface area contributed by atoms with E-state index >= 15 is 0 Å². The summed E-state index contributed by atoms with van der Waals surface area (Å²) in [6, 6.07) is 13.3. The van der Waals surface area contributed by atoms with Gasteiger partial charge in [0.25, 0.3) is 5.91 Å². The molecule has 0 saturated carbocycles. The summed E-state index contributed by atoms with van der Waals surface area (Å²) in [5.41, 5.74) is 0. The van der Waals surface area contributed by atoms with E-state index in [2.05, 4.69) is 15.2 Å². The highest BCUT2D eigenvalue weighted by Crippen LogP contribution is 2.21. The third-order valence-electron chi connectivity index (χ3n) is 4.68. The topological polar surface area (TPSA) is 63.7 Å². The minimum Gasteiger partial charge on any atom is -0.494 e. The second kappa shape index (κ2) is 9.80. The Morgan fingerprint density at radius 3 is 2.44 bits per heavy atom. The summed E-state index contributed by atoms with van der Waals surface area (Å²) in [4.78, 5) is 18.7. The van der Waals surface area contributed by atoms with E-state index in [0.29, 0.717) is 24.8 Å². The fourth-order valence-electron chi connectivity index (χ4n) is 3.16. The highest BCUT2D eigenvalue weighted by atomic mass is 16.5. The standard InChI is InChI=1S/C21H27N3O3/c1-2-26-18-6-8-19(9-7-18)27-16-21(25)23-15-17-10-13-24(14-11-17)20-5-3-4-12-22-20/h3-9,12,17H,2,10-11,13-16H2,1H3,(H,23,25). The van der Waals surface area contributed by atoms with Gasteiger partial charge >= 0.3 is 0 Å². The Balaban J connectivity index is 1.34. The van der Waals surface area contributed by atoms with Gasteiger partial charge in [0.05, 0.1) is 6.61 Å². The molecule has 0 radical (unpaired) electrons. The molecule has 1 N–H and O–H groups in total. The average molecular weight is 369 g/mol. The molecule has 6 nitrogen and oxygen atoms in total. The summed E-state index contributed by atoms with van der Waals surface area (Å²) in [5.74, 6) is 2.91. The molecular weight excluding hydrogens is 342 g/mol. The van der Waals surface area contributed by atoms with Gasteiger partial charge in [-0.15, -0.1) is 0 Å². The van der Waals surface area contributed by atoms with E-state index < -0.39 is 0 Å². The van der Waals surface area contributed by atoms with Gasteiger partial charge in [0.1, 0.15) is 17.3 Å². The van der Waals surface area contributed by atoms with Gasteiger partial charge in [-0.05, 0) is 62.1 Å². The van der Waals surface area contributed by atoms with Crippen molar-refractivity contribution in [3.05, 3.63) is 48.7 Å². The fourth-order valence-corrected chi connectivity index (χ4v) is 3.16. The van der Waals surface area contributed by atoms with Crippen LogP contribution in [0.5, 0.6) is 11.5 Å². The number of nitrogens with one attached hydrogen (secondary N) is 1. The third-order valence-corrected chi connectivity index (χ3v) is 4.68. The van der Waals surface area contributed by atoms with Crippen molar-refractivity contribution in [1.82, 2.24) is 10.3 Å². The molecule has 1 saturated heterocycles. The van der Waals surface area contributed by atoms with E-state index in [9.17, 15) is 4.79 Å². The Morgan fingerprint density at radius 1 is 1.11 bits per heavy atom. The summed E-state index contributed by atoms with van der Waals surface area (Å²) < 4.78 is 10.9. The highest BCUT2D eigenvalue weighted by molar-refractivity contribution is 5.77. The highest BCUT2D eigenvalue weighted by Gasteiger charge is 2.20. The number of anilines is 1. The molecule has 27 heavy (non-hydrogen) atoms. The second-order valence-corrected chi connectivity index (χ2v) is 6.62. The zero-order chi connectivity index (χ0) is 18.9. The van der Waals surface area contributed by atoms with Crippen LogP contribution in [0.15, 0.2) is 48.7 Å². The molecule has 1 aliphatic heterocycles. The summed E-state index contributed by atoms with van der Waals surface area (Å²) in [6.45, 7) is 5.24. The van der Waals surface area contributed by atoms with E-state index in [1.807, 2.05) is 55.6 Å². The lowest BCUT2D eigenvalue weighted by Gasteiger charge is -2.32. The number of piperidine rings is 1. The van der Waals surface area contributed by atoms with Crippen molar-refractivity contribution < 1.29 is 14.3 Å². The Bertz CT molecular complexity index is 698. The molecule has 0 bridgehead atoms. The van der Waals surface area contributed by atoms with Crippen LogP contribution in [0.3, 0.4) is 0 Å². The van der Waals surface area contributed by atoms with Gasteiger partial charge in [0.15, 0.2) is 6.61 Å². The minimum absolute atomic E-state index is 0.0285. The van der Waals surface area contributed by atoms with Crippen LogP contribution in [0, 0.1) is 5.92 Å². The van der Waals surface area contributed by atoms with Gasteiger partial charge in [-0.3, -0.25) is 4.79 Å². The van der Waals surface area contributed by atoms with Crippen molar-refractivity contribution in [2.45, 2.75) is 19.8 Å². The average Bonchev–Trinajstić information content (AvgIpc) is 2.73. The molecule has 1 aromatic carbocycles. The van der Waals surface area contributed by atoms with Crippen LogP contribution in [0.2, 0.25) is 0 Å². The molecular formula is C21H27N3O3. The number of hydrogen-bond donors (Lipinski definition) is 1. The number of aromatic nitrogens is 1. The van der Waals surface area contributed by atoms with Gasteiger partial charge in [-0.25, -0.2) is 4.98 Å². The number of rotatable bonds is 8. The van der Waals surface area contributed by atoms with Crippen molar-refractivity contribution in [3.63, 3.8) is 0 Å². The Morgan fingerprint density at radius 2 is 1.81 bits per heavy atom. The number of carbonyl (C=O) groups is 1. The minimum atomic E-state index is -0.0870. The van der Waals surface area contributed by atoms with Crippen LogP contribution in [0.4, 0.5) is 5.82 Å². The van der Waals surface area contributed by atoms with E-state index in [0.717, 1.165) is 37.5 Å². The number of pyridine rings is 1. The molecule has 2 heterocycles. The normalized spacial score (nSPS) is 14.6. The van der Waals surface area contributed by atoms with E-state index in [-0.39, 0.29) is 12.5 Å². The number of ether oxygens (including phenoxy) is 2. The third kappa shape index (κ3) is 5.88. The van der Waals surface area contributed by atoms with Gasteiger partial charge in [-0.2, -0.15) is 0 Å². The van der Waals surface area contributed by atoms with Crippen LogP contribution < -0.4 is 19.7 Å². The Labute approximate surface area is 160 Å². The van der Waals surface area contributed by atoms with Gasteiger partial charge in [0, 0.05) is 25.8 Å². The fraction of sp³-hybridized carbons (Fsp3) is 0.429. The summed E-state index contributed by atoms with van der Waals surface area (Å²) in [7, 11) is 0. The maximum absolute atomic E-state index is 12.0. The molecule has 6 heteroatoms. The smallest absolute Gasteiger partial charge is 0.257 e. The number of hydrogen-bond acceptors (Lipinski definition) is 5. The molecule has 3 rings (SSSR count). The van der Waals surface area contributed by atoms with Crippen molar-refractivity contribution in [2.75, 3.05) is 37.7 Å². The Hall–Kier alpha value is -2.76. The monoisotopic (exact) mass is 369 g/mol. The maximum atomic E-state index is 12.0. The number of carbonyl (C=O) groups excluding carboxylic acids is 1. The molecule has 1 aromatic heterocycles. The molecule has 0 unspecified atom stereocenters. The largest absolute Gasteiger partial charge is 0.494 e. The molecule has 1 fully saturated rings. The molecule has 0 aliphatic carbocycles. The molecule has 2 aromatic rings. The summed E-state index contributed by atoms with van der Waals surface area (Å²) in [5, 5.41) is 2.99. The first kappa shape index (κ1) is 19.0. The molecule has 0 atom stereocenters. The quantitative estimate of drug-likeness (QED) is 0.775. The van der Waals surface area contributed by atoms with Gasteiger partial charge in [0.2, 0.25) is 0 Å². The van der Waals surface area contributed by atoms with Crippen LogP contribution in [-0.4, -0.2) is 43.7 Å². The van der Waals surface area contributed by atoms with Crippen molar-refractivity contribution in [1.29, 1.82) is 0 Å². The van der Waals surface area contributed by atoms with Crippen molar-refractivity contribution >= 4 is 11.7 Å². The van der Waals surface area contributed by atoms with Crippen LogP contribution in [-0.2, 0) is 4.79 Å². The van der Waals surface area contributed by atoms with E-state index in [1.165, 1.54) is 0 Å². The predicted molar refractivity (Wildman–Crippen MR) is 105 cm³/mol. The van der Waals surface area contributed by atoms with Gasteiger partial charge in [-0.1, -0.05) is 6.07 Å². The van der Waals surface area contributed by atoms with Crippen molar-refractivity contribution in [2.24, 2.45) is 5.92 Å². The zero-order valence-electron chi connectivity index (χ0n) is 15.8. The molecule has 0 spiro atoms. The molecule has 1 amide bonds. The Kier molecular flexibility index (Phi) is 6.90. The number of amides is 1. The SMILES string of the molecule is CCOc1ccc(OCC(=O)NCC2CCN(c3ccccn3)CC2)cc1. The predicted octanol–water partition coefficient (Wildman–Crippen LogP) is 2.89. The zero-order valence-corrected chi connectivity index (χ0v) is 15.8. The lowest BCUT2D eigenvalue weighted by molar-refractivity contribution is -0.123. The van der Waals surface area contributed by atoms with Crippen molar-refractivity contribution in [3.8, 4) is 11.5 Å². The first-order valence-corrected chi connectivity index (χ1v) is 9.53. The number of benzene rings is 1. The lowest BCUT2D eigenvalue weighted by atomic mass is 9.97. The van der Waals surface area contributed by atoms with Crippen LogP contribution in [0.1, 0.15) is 19.8 Å². The number of nitrogens with zero attached hydrogens (tertiary/aromatic N) is 2. The molecule has 1 aliphatic rings.